The van der Waals surface area contributed by atoms with Crippen molar-refractivity contribution in [3.63, 3.8) is 0 Å². The number of amides is 1. The van der Waals surface area contributed by atoms with Crippen molar-refractivity contribution in [2.24, 2.45) is 0 Å². The number of nitro benzene ring substituents is 1. The molecule has 1 amide bonds. The molecule has 0 bridgehead atoms. The lowest BCUT2D eigenvalue weighted by Gasteiger charge is -2.21. The number of rotatable bonds is 7. The summed E-state index contributed by atoms with van der Waals surface area (Å²) in [5.41, 5.74) is 1.56. The van der Waals surface area contributed by atoms with E-state index in [0.717, 1.165) is 11.1 Å². The van der Waals surface area contributed by atoms with Crippen LogP contribution in [0, 0.1) is 17.0 Å². The van der Waals surface area contributed by atoms with Crippen LogP contribution in [-0.2, 0) is 4.79 Å². The zero-order valence-electron chi connectivity index (χ0n) is 12.6. The number of aryl methyl sites for hydroxylation is 1. The van der Waals surface area contributed by atoms with Crippen LogP contribution in [0.2, 0.25) is 0 Å². The molecule has 0 heterocycles. The molecule has 0 spiro atoms. The van der Waals surface area contributed by atoms with Crippen molar-refractivity contribution in [3.05, 3.63) is 46.0 Å². The van der Waals surface area contributed by atoms with Gasteiger partial charge in [0.25, 0.3) is 5.91 Å². The highest BCUT2D eigenvalue weighted by molar-refractivity contribution is 5.78. The van der Waals surface area contributed by atoms with Gasteiger partial charge in [0.05, 0.1) is 4.92 Å². The normalized spacial score (nSPS) is 10.0. The third-order valence-corrected chi connectivity index (χ3v) is 2.86. The van der Waals surface area contributed by atoms with Crippen molar-refractivity contribution < 1.29 is 14.5 Å². The van der Waals surface area contributed by atoms with E-state index < -0.39 is 4.92 Å². The number of hydrogen-bond acceptors (Lipinski definition) is 4. The molecule has 0 atom stereocenters. The van der Waals surface area contributed by atoms with Crippen molar-refractivity contribution in [3.8, 4) is 5.75 Å². The maximum atomic E-state index is 12.0. The molecule has 0 aliphatic rings. The van der Waals surface area contributed by atoms with E-state index in [1.807, 2.05) is 13.8 Å². The summed E-state index contributed by atoms with van der Waals surface area (Å²) >= 11 is 0. The van der Waals surface area contributed by atoms with Crippen molar-refractivity contribution in [2.75, 3.05) is 19.7 Å². The van der Waals surface area contributed by atoms with Gasteiger partial charge in [0.1, 0.15) is 0 Å². The van der Waals surface area contributed by atoms with Gasteiger partial charge >= 0.3 is 5.69 Å². The fourth-order valence-electron chi connectivity index (χ4n) is 1.82. The predicted octanol–water partition coefficient (Wildman–Crippen LogP) is 2.71. The maximum absolute atomic E-state index is 12.0. The standard InChI is InChI=1S/C15H20N2O4/c1-5-16(9-11(2)3)15(18)10-21-14-8-12(4)6-7-13(14)17(19)20/h6-8H,2,5,9-10H2,1,3-4H3. The van der Waals surface area contributed by atoms with Gasteiger partial charge in [-0.1, -0.05) is 18.2 Å². The molecular weight excluding hydrogens is 272 g/mol. The Morgan fingerprint density at radius 2 is 2.14 bits per heavy atom. The van der Waals surface area contributed by atoms with Crippen LogP contribution < -0.4 is 4.74 Å². The van der Waals surface area contributed by atoms with Crippen molar-refractivity contribution in [1.29, 1.82) is 0 Å². The number of likely N-dealkylation sites (N-methyl/N-ethyl adjacent to an activating group) is 1. The average molecular weight is 292 g/mol. The number of carbonyl (C=O) groups is 1. The lowest BCUT2D eigenvalue weighted by molar-refractivity contribution is -0.385. The molecule has 0 saturated heterocycles. The molecule has 0 fully saturated rings. The Balaban J connectivity index is 2.78. The van der Waals surface area contributed by atoms with E-state index in [2.05, 4.69) is 6.58 Å². The highest BCUT2D eigenvalue weighted by atomic mass is 16.6. The van der Waals surface area contributed by atoms with Crippen molar-refractivity contribution in [2.45, 2.75) is 20.8 Å². The summed E-state index contributed by atoms with van der Waals surface area (Å²) in [7, 11) is 0. The molecule has 1 aromatic carbocycles. The molecule has 114 valence electrons. The van der Waals surface area contributed by atoms with Crippen molar-refractivity contribution >= 4 is 11.6 Å². The second-order valence-corrected chi connectivity index (χ2v) is 4.88. The largest absolute Gasteiger partial charge is 0.477 e. The summed E-state index contributed by atoms with van der Waals surface area (Å²) in [5, 5.41) is 10.9. The summed E-state index contributed by atoms with van der Waals surface area (Å²) in [6.07, 6.45) is 0. The van der Waals surface area contributed by atoms with Crippen LogP contribution in [0.3, 0.4) is 0 Å². The van der Waals surface area contributed by atoms with Crippen molar-refractivity contribution in [1.82, 2.24) is 4.90 Å². The fraction of sp³-hybridized carbons (Fsp3) is 0.400. The van der Waals surface area contributed by atoms with Gasteiger partial charge in [0, 0.05) is 19.2 Å². The first-order valence-electron chi connectivity index (χ1n) is 6.65. The molecule has 0 aromatic heterocycles. The van der Waals surface area contributed by atoms with Crippen LogP contribution in [0.25, 0.3) is 0 Å². The lowest BCUT2D eigenvalue weighted by Crippen LogP contribution is -2.35. The number of nitrogens with zero attached hydrogens (tertiary/aromatic N) is 2. The molecule has 1 aromatic rings. The topological polar surface area (TPSA) is 72.7 Å². The van der Waals surface area contributed by atoms with E-state index in [1.165, 1.54) is 6.07 Å². The molecule has 6 nitrogen and oxygen atoms in total. The zero-order valence-corrected chi connectivity index (χ0v) is 12.6. The Kier molecular flexibility index (Phi) is 5.90. The van der Waals surface area contributed by atoms with Gasteiger partial charge in [-0.05, 0) is 32.4 Å². The molecule has 0 N–H and O–H groups in total. The second kappa shape index (κ2) is 7.42. The lowest BCUT2D eigenvalue weighted by atomic mass is 10.2. The molecule has 0 unspecified atom stereocenters. The summed E-state index contributed by atoms with van der Waals surface area (Å²) in [6, 6.07) is 4.56. The SMILES string of the molecule is C=C(C)CN(CC)C(=O)COc1cc(C)ccc1[N+](=O)[O-]. The van der Waals surface area contributed by atoms with Crippen LogP contribution in [0.15, 0.2) is 30.4 Å². The van der Waals surface area contributed by atoms with Gasteiger partial charge in [-0.25, -0.2) is 0 Å². The van der Waals surface area contributed by atoms with Crippen LogP contribution in [0.1, 0.15) is 19.4 Å². The molecule has 1 rings (SSSR count). The number of carbonyl (C=O) groups excluding carboxylic acids is 1. The predicted molar refractivity (Wildman–Crippen MR) is 80.4 cm³/mol. The van der Waals surface area contributed by atoms with Crippen LogP contribution in [0.5, 0.6) is 5.75 Å². The van der Waals surface area contributed by atoms with Crippen LogP contribution in [-0.4, -0.2) is 35.4 Å². The van der Waals surface area contributed by atoms with Gasteiger partial charge in [0.2, 0.25) is 0 Å². The van der Waals surface area contributed by atoms with Gasteiger partial charge in [0.15, 0.2) is 12.4 Å². The smallest absolute Gasteiger partial charge is 0.310 e. The second-order valence-electron chi connectivity index (χ2n) is 4.88. The Hall–Kier alpha value is -2.37. The van der Waals surface area contributed by atoms with Gasteiger partial charge < -0.3 is 9.64 Å². The highest BCUT2D eigenvalue weighted by Gasteiger charge is 2.18. The Bertz CT molecular complexity index is 555. The van der Waals surface area contributed by atoms with Crippen LogP contribution in [0.4, 0.5) is 5.69 Å². The number of ether oxygens (including phenoxy) is 1. The average Bonchev–Trinajstić information content (AvgIpc) is 2.41. The summed E-state index contributed by atoms with van der Waals surface area (Å²) < 4.78 is 5.34. The monoisotopic (exact) mass is 292 g/mol. The minimum absolute atomic E-state index is 0.111. The molecule has 0 aliphatic heterocycles. The molecule has 21 heavy (non-hydrogen) atoms. The first-order valence-corrected chi connectivity index (χ1v) is 6.65. The van der Waals surface area contributed by atoms with Crippen LogP contribution >= 0.6 is 0 Å². The van der Waals surface area contributed by atoms with E-state index in [4.69, 9.17) is 4.74 Å². The maximum Gasteiger partial charge on any atom is 0.310 e. The molecular formula is C15H20N2O4. The fourth-order valence-corrected chi connectivity index (χ4v) is 1.82. The molecule has 0 aliphatic carbocycles. The summed E-state index contributed by atoms with van der Waals surface area (Å²) in [5.74, 6) is -0.115. The number of nitro groups is 1. The highest BCUT2D eigenvalue weighted by Crippen LogP contribution is 2.27. The number of hydrogen-bond donors (Lipinski definition) is 0. The third kappa shape index (κ3) is 4.91. The first-order chi connectivity index (χ1) is 9.85. The Morgan fingerprint density at radius 3 is 2.67 bits per heavy atom. The summed E-state index contributed by atoms with van der Waals surface area (Å²) in [6.45, 7) is 10.0. The van der Waals surface area contributed by atoms with E-state index >= 15 is 0 Å². The first kappa shape index (κ1) is 16.7. The zero-order chi connectivity index (χ0) is 16.0. The quantitative estimate of drug-likeness (QED) is 0.440. The van der Waals surface area contributed by atoms with E-state index in [0.29, 0.717) is 13.1 Å². The molecule has 0 radical (unpaired) electrons. The summed E-state index contributed by atoms with van der Waals surface area (Å²) in [4.78, 5) is 24.0. The van der Waals surface area contributed by atoms with Gasteiger partial charge in [-0.15, -0.1) is 0 Å². The Labute approximate surface area is 124 Å². The van der Waals surface area contributed by atoms with E-state index in [-0.39, 0.29) is 24.0 Å². The van der Waals surface area contributed by atoms with E-state index in [1.54, 1.807) is 24.0 Å². The van der Waals surface area contributed by atoms with Gasteiger partial charge in [-0.3, -0.25) is 14.9 Å². The molecule has 0 saturated carbocycles. The van der Waals surface area contributed by atoms with Gasteiger partial charge in [-0.2, -0.15) is 0 Å². The van der Waals surface area contributed by atoms with E-state index in [9.17, 15) is 14.9 Å². The molecule has 6 heteroatoms. The Morgan fingerprint density at radius 1 is 1.48 bits per heavy atom. The third-order valence-electron chi connectivity index (χ3n) is 2.86. The number of benzene rings is 1. The minimum Gasteiger partial charge on any atom is -0.477 e. The minimum atomic E-state index is -0.523.